The maximum atomic E-state index is 11.9. The monoisotopic (exact) mass is 298 g/mol. The summed E-state index contributed by atoms with van der Waals surface area (Å²) in [4.78, 5) is 38.7. The fraction of sp³-hybridized carbons (Fsp3) is 0.500. The van der Waals surface area contributed by atoms with Gasteiger partial charge in [0.25, 0.3) is 0 Å². The number of urea groups is 1. The minimum atomic E-state index is -1.27. The summed E-state index contributed by atoms with van der Waals surface area (Å²) < 4.78 is 1.74. The van der Waals surface area contributed by atoms with Gasteiger partial charge in [-0.1, -0.05) is 0 Å². The van der Waals surface area contributed by atoms with Gasteiger partial charge < -0.3 is 25.0 Å². The molecule has 0 aliphatic rings. The molecular weight excluding hydrogens is 280 g/mol. The van der Waals surface area contributed by atoms with Crippen LogP contribution in [-0.4, -0.2) is 55.7 Å². The Morgan fingerprint density at radius 3 is 2.57 bits per heavy atom. The van der Waals surface area contributed by atoms with Crippen LogP contribution in [-0.2, 0) is 23.2 Å². The van der Waals surface area contributed by atoms with Gasteiger partial charge >= 0.3 is 18.0 Å². The first-order valence-electron chi connectivity index (χ1n) is 6.23. The van der Waals surface area contributed by atoms with Crippen LogP contribution in [0.25, 0.3) is 0 Å². The van der Waals surface area contributed by atoms with Crippen molar-refractivity contribution in [2.75, 3.05) is 7.05 Å². The summed E-state index contributed by atoms with van der Waals surface area (Å²) in [6.07, 6.45) is 2.81. The van der Waals surface area contributed by atoms with Gasteiger partial charge in [0.15, 0.2) is 0 Å². The summed E-state index contributed by atoms with van der Waals surface area (Å²) in [5.74, 6) is -1.74. The molecule has 9 nitrogen and oxygen atoms in total. The molecule has 0 radical (unpaired) electrons. The van der Waals surface area contributed by atoms with Gasteiger partial charge in [-0.05, 0) is 6.42 Å². The van der Waals surface area contributed by atoms with E-state index in [4.69, 9.17) is 10.2 Å². The van der Waals surface area contributed by atoms with Crippen molar-refractivity contribution >= 4 is 18.0 Å². The maximum absolute atomic E-state index is 11.9. The Morgan fingerprint density at radius 2 is 2.10 bits per heavy atom. The van der Waals surface area contributed by atoms with E-state index in [9.17, 15) is 14.4 Å². The second kappa shape index (κ2) is 7.27. The average Bonchev–Trinajstić information content (AvgIpc) is 2.79. The lowest BCUT2D eigenvalue weighted by Gasteiger charge is -2.20. The predicted octanol–water partition coefficient (Wildman–Crippen LogP) is -0.120. The Kier molecular flexibility index (Phi) is 5.70. The molecule has 0 bridgehead atoms. The fourth-order valence-corrected chi connectivity index (χ4v) is 1.62. The van der Waals surface area contributed by atoms with Crippen molar-refractivity contribution in [1.29, 1.82) is 0 Å². The Balaban J connectivity index is 2.58. The molecule has 2 amide bonds. The van der Waals surface area contributed by atoms with Gasteiger partial charge in [-0.25, -0.2) is 14.6 Å². The van der Waals surface area contributed by atoms with Crippen molar-refractivity contribution in [2.45, 2.75) is 25.4 Å². The van der Waals surface area contributed by atoms with E-state index in [-0.39, 0.29) is 19.4 Å². The fourth-order valence-electron chi connectivity index (χ4n) is 1.62. The van der Waals surface area contributed by atoms with Gasteiger partial charge in [0, 0.05) is 32.9 Å². The van der Waals surface area contributed by atoms with E-state index in [2.05, 4.69) is 10.3 Å². The number of amides is 2. The molecular formula is C12H18N4O5. The Morgan fingerprint density at radius 1 is 1.43 bits per heavy atom. The Hall–Kier alpha value is -2.58. The minimum absolute atomic E-state index is 0.174. The number of aryl methyl sites for hydroxylation is 1. The number of nitrogens with one attached hydrogen (secondary N) is 1. The molecule has 3 N–H and O–H groups in total. The quantitative estimate of drug-likeness (QED) is 0.644. The maximum Gasteiger partial charge on any atom is 0.326 e. The van der Waals surface area contributed by atoms with Crippen LogP contribution in [0, 0.1) is 0 Å². The van der Waals surface area contributed by atoms with Crippen molar-refractivity contribution in [1.82, 2.24) is 19.8 Å². The number of nitrogens with zero attached hydrogens (tertiary/aromatic N) is 3. The normalized spacial score (nSPS) is 11.7. The summed E-state index contributed by atoms with van der Waals surface area (Å²) >= 11 is 0. The number of hydrogen-bond donors (Lipinski definition) is 3. The molecule has 0 spiro atoms. The SMILES string of the molecule is CN(Cc1nccn1C)C(=O)NC(CCC(=O)O)C(=O)O. The van der Waals surface area contributed by atoms with E-state index in [0.717, 1.165) is 0 Å². The van der Waals surface area contributed by atoms with E-state index in [1.54, 1.807) is 24.0 Å². The van der Waals surface area contributed by atoms with Crippen LogP contribution < -0.4 is 5.32 Å². The predicted molar refractivity (Wildman–Crippen MR) is 71.5 cm³/mol. The standard InChI is InChI=1S/C12H18N4O5/c1-15-6-5-13-9(15)7-16(2)12(21)14-8(11(19)20)3-4-10(17)18/h5-6,8H,3-4,7H2,1-2H3,(H,14,21)(H,17,18)(H,19,20). The van der Waals surface area contributed by atoms with Crippen LogP contribution in [0.15, 0.2) is 12.4 Å². The molecule has 1 unspecified atom stereocenters. The number of carboxylic acids is 2. The number of carbonyl (C=O) groups excluding carboxylic acids is 1. The topological polar surface area (TPSA) is 125 Å². The third-order valence-corrected chi connectivity index (χ3v) is 2.89. The summed E-state index contributed by atoms with van der Waals surface area (Å²) in [6.45, 7) is 0.209. The molecule has 116 valence electrons. The molecule has 1 aromatic rings. The third-order valence-electron chi connectivity index (χ3n) is 2.89. The molecule has 9 heteroatoms. The second-order valence-corrected chi connectivity index (χ2v) is 4.58. The smallest absolute Gasteiger partial charge is 0.326 e. The number of hydrogen-bond acceptors (Lipinski definition) is 4. The molecule has 0 aliphatic heterocycles. The zero-order chi connectivity index (χ0) is 16.0. The summed E-state index contributed by atoms with van der Waals surface area (Å²) in [5, 5.41) is 19.8. The summed E-state index contributed by atoms with van der Waals surface area (Å²) in [7, 11) is 3.28. The van der Waals surface area contributed by atoms with Crippen LogP contribution >= 0.6 is 0 Å². The largest absolute Gasteiger partial charge is 0.481 e. The highest BCUT2D eigenvalue weighted by Crippen LogP contribution is 2.02. The van der Waals surface area contributed by atoms with E-state index in [1.165, 1.54) is 11.9 Å². The number of carboxylic acid groups (broad SMARTS) is 2. The number of carbonyl (C=O) groups is 3. The van der Waals surface area contributed by atoms with Crippen molar-refractivity contribution in [3.8, 4) is 0 Å². The minimum Gasteiger partial charge on any atom is -0.481 e. The number of aromatic nitrogens is 2. The lowest BCUT2D eigenvalue weighted by Crippen LogP contribution is -2.46. The molecule has 0 fully saturated rings. The molecule has 0 saturated heterocycles. The lowest BCUT2D eigenvalue weighted by atomic mass is 10.1. The van der Waals surface area contributed by atoms with Crippen molar-refractivity contribution in [3.05, 3.63) is 18.2 Å². The third kappa shape index (κ3) is 5.13. The molecule has 0 aromatic carbocycles. The average molecular weight is 298 g/mol. The van der Waals surface area contributed by atoms with Crippen LogP contribution in [0.2, 0.25) is 0 Å². The van der Waals surface area contributed by atoms with E-state index in [1.807, 2.05) is 0 Å². The molecule has 0 aliphatic carbocycles. The molecule has 0 saturated carbocycles. The van der Waals surface area contributed by atoms with E-state index < -0.39 is 24.0 Å². The van der Waals surface area contributed by atoms with E-state index in [0.29, 0.717) is 5.82 Å². The van der Waals surface area contributed by atoms with Gasteiger partial charge in [0.2, 0.25) is 0 Å². The molecule has 1 atom stereocenters. The molecule has 1 heterocycles. The van der Waals surface area contributed by atoms with Gasteiger partial charge in [0.1, 0.15) is 11.9 Å². The molecule has 1 aromatic heterocycles. The van der Waals surface area contributed by atoms with Gasteiger partial charge in [0.05, 0.1) is 6.54 Å². The van der Waals surface area contributed by atoms with Gasteiger partial charge in [-0.3, -0.25) is 4.79 Å². The summed E-state index contributed by atoms with van der Waals surface area (Å²) in [6, 6.07) is -1.84. The van der Waals surface area contributed by atoms with E-state index >= 15 is 0 Å². The van der Waals surface area contributed by atoms with Gasteiger partial charge in [-0.15, -0.1) is 0 Å². The zero-order valence-corrected chi connectivity index (χ0v) is 11.8. The number of rotatable bonds is 7. The number of imidazole rings is 1. The Labute approximate surface area is 121 Å². The lowest BCUT2D eigenvalue weighted by molar-refractivity contribution is -0.140. The van der Waals surface area contributed by atoms with Crippen molar-refractivity contribution in [3.63, 3.8) is 0 Å². The first kappa shape index (κ1) is 16.5. The second-order valence-electron chi connectivity index (χ2n) is 4.58. The van der Waals surface area contributed by atoms with Crippen LogP contribution in [0.5, 0.6) is 0 Å². The van der Waals surface area contributed by atoms with Crippen LogP contribution in [0.1, 0.15) is 18.7 Å². The zero-order valence-electron chi connectivity index (χ0n) is 11.8. The van der Waals surface area contributed by atoms with Gasteiger partial charge in [-0.2, -0.15) is 0 Å². The van der Waals surface area contributed by atoms with Crippen molar-refractivity contribution < 1.29 is 24.6 Å². The molecule has 21 heavy (non-hydrogen) atoms. The molecule has 1 rings (SSSR count). The van der Waals surface area contributed by atoms with Crippen molar-refractivity contribution in [2.24, 2.45) is 7.05 Å². The van der Waals surface area contributed by atoms with Crippen LogP contribution in [0.3, 0.4) is 0 Å². The van der Waals surface area contributed by atoms with Crippen LogP contribution in [0.4, 0.5) is 4.79 Å². The number of aliphatic carboxylic acids is 2. The highest BCUT2D eigenvalue weighted by atomic mass is 16.4. The highest BCUT2D eigenvalue weighted by Gasteiger charge is 2.23. The first-order chi connectivity index (χ1) is 9.81. The summed E-state index contributed by atoms with van der Waals surface area (Å²) in [5.41, 5.74) is 0. The first-order valence-corrected chi connectivity index (χ1v) is 6.23. The Bertz CT molecular complexity index is 527. The highest BCUT2D eigenvalue weighted by molar-refractivity contribution is 5.82.